The van der Waals surface area contributed by atoms with Crippen LogP contribution >= 0.6 is 0 Å². The third kappa shape index (κ3) is 8.56. The van der Waals surface area contributed by atoms with E-state index in [4.69, 9.17) is 9.47 Å². The third-order valence-electron chi connectivity index (χ3n) is 2.63. The van der Waals surface area contributed by atoms with Crippen molar-refractivity contribution in [3.05, 3.63) is 12.2 Å². The van der Waals surface area contributed by atoms with Gasteiger partial charge in [-0.2, -0.15) is 0 Å². The maximum absolute atomic E-state index is 11.0. The summed E-state index contributed by atoms with van der Waals surface area (Å²) in [5.41, 5.74) is 0. The lowest BCUT2D eigenvalue weighted by Crippen LogP contribution is -2.11. The molecule has 0 amide bonds. The molecular weight excluding hydrogens is 280 g/mol. The summed E-state index contributed by atoms with van der Waals surface area (Å²) in [5, 5.41) is 0. The molecule has 2 aliphatic rings. The minimum Gasteiger partial charge on any atom is -0.466 e. The van der Waals surface area contributed by atoms with Gasteiger partial charge in [0, 0.05) is 25.0 Å². The van der Waals surface area contributed by atoms with E-state index in [1.54, 1.807) is 0 Å². The van der Waals surface area contributed by atoms with E-state index in [9.17, 15) is 19.2 Å². The highest BCUT2D eigenvalue weighted by Gasteiger charge is 2.10. The minimum absolute atomic E-state index is 0.154. The summed E-state index contributed by atoms with van der Waals surface area (Å²) in [4.78, 5) is 41.9. The molecule has 2 aliphatic heterocycles. The van der Waals surface area contributed by atoms with Gasteiger partial charge >= 0.3 is 23.9 Å². The predicted octanol–water partition coefficient (Wildman–Crippen LogP) is 1.05. The fourth-order valence-corrected chi connectivity index (χ4v) is 1.56. The second kappa shape index (κ2) is 9.68. The normalized spacial score (nSPS) is 20.2. The number of carbonyl (C=O) groups is 4. The zero-order valence-corrected chi connectivity index (χ0v) is 11.7. The predicted molar refractivity (Wildman–Crippen MR) is 69.9 cm³/mol. The molecule has 2 rings (SSSR count). The van der Waals surface area contributed by atoms with Gasteiger partial charge in [-0.1, -0.05) is 0 Å². The van der Waals surface area contributed by atoms with Crippen LogP contribution in [0.4, 0.5) is 0 Å². The van der Waals surface area contributed by atoms with Crippen molar-refractivity contribution in [1.82, 2.24) is 0 Å². The van der Waals surface area contributed by atoms with Crippen LogP contribution in [0, 0.1) is 0 Å². The number of esters is 4. The molecule has 116 valence electrons. The largest absolute Gasteiger partial charge is 0.466 e. The molecule has 2 heterocycles. The molecule has 0 spiro atoms. The summed E-state index contributed by atoms with van der Waals surface area (Å²) in [7, 11) is 0. The summed E-state index contributed by atoms with van der Waals surface area (Å²) in [6, 6.07) is 0. The first kappa shape index (κ1) is 16.9. The number of rotatable bonds is 0. The molecule has 0 aromatic heterocycles. The molecule has 0 unspecified atom stereocenters. The molecule has 0 saturated carbocycles. The monoisotopic (exact) mass is 298 g/mol. The second-order valence-electron chi connectivity index (χ2n) is 4.43. The lowest BCUT2D eigenvalue weighted by Gasteiger charge is -2.08. The van der Waals surface area contributed by atoms with Crippen molar-refractivity contribution in [1.29, 1.82) is 0 Å². The molecule has 0 atom stereocenters. The summed E-state index contributed by atoms with van der Waals surface area (Å²) in [6.07, 6.45) is 5.92. The number of hydrogen-bond donors (Lipinski definition) is 0. The maximum Gasteiger partial charge on any atom is 0.338 e. The lowest BCUT2D eigenvalue weighted by molar-refractivity contribution is -0.150. The summed E-state index contributed by atoms with van der Waals surface area (Å²) in [5.74, 6) is -1.46. The smallest absolute Gasteiger partial charge is 0.338 e. The molecule has 1 fully saturated rings. The molecule has 0 N–H and O–H groups in total. The Morgan fingerprint density at radius 1 is 0.667 bits per heavy atom. The van der Waals surface area contributed by atoms with Gasteiger partial charge in [-0.3, -0.25) is 9.59 Å². The molecule has 0 aromatic carbocycles. The molecular formula is C14H18O7. The van der Waals surface area contributed by atoms with E-state index in [2.05, 4.69) is 4.74 Å². The first-order valence-corrected chi connectivity index (χ1v) is 6.83. The van der Waals surface area contributed by atoms with E-state index in [0.717, 1.165) is 25.0 Å². The molecule has 7 nitrogen and oxygen atoms in total. The zero-order valence-electron chi connectivity index (χ0n) is 11.7. The first-order valence-electron chi connectivity index (χ1n) is 6.83. The van der Waals surface area contributed by atoms with Crippen molar-refractivity contribution >= 4 is 23.9 Å². The van der Waals surface area contributed by atoms with Gasteiger partial charge in [-0.25, -0.2) is 9.59 Å². The Bertz CT molecular complexity index is 387. The first-order chi connectivity index (χ1) is 10.1. The Morgan fingerprint density at radius 2 is 1.10 bits per heavy atom. The van der Waals surface area contributed by atoms with Crippen LogP contribution in [-0.4, -0.2) is 37.1 Å². The highest BCUT2D eigenvalue weighted by atomic mass is 16.6. The second-order valence-corrected chi connectivity index (χ2v) is 4.43. The van der Waals surface area contributed by atoms with Gasteiger partial charge in [-0.15, -0.1) is 0 Å². The Kier molecular flexibility index (Phi) is 7.78. The lowest BCUT2D eigenvalue weighted by atomic mass is 10.2. The van der Waals surface area contributed by atoms with Gasteiger partial charge in [0.1, 0.15) is 0 Å². The van der Waals surface area contributed by atoms with E-state index in [1.165, 1.54) is 0 Å². The molecule has 0 radical (unpaired) electrons. The van der Waals surface area contributed by atoms with Crippen molar-refractivity contribution in [2.75, 3.05) is 13.2 Å². The Morgan fingerprint density at radius 3 is 1.43 bits per heavy atom. The molecule has 1 saturated heterocycles. The van der Waals surface area contributed by atoms with Crippen molar-refractivity contribution in [3.8, 4) is 0 Å². The highest BCUT2D eigenvalue weighted by Crippen LogP contribution is 2.05. The van der Waals surface area contributed by atoms with Gasteiger partial charge in [0.25, 0.3) is 0 Å². The van der Waals surface area contributed by atoms with Crippen LogP contribution in [0.5, 0.6) is 0 Å². The molecule has 0 aromatic rings. The van der Waals surface area contributed by atoms with Crippen molar-refractivity contribution in [2.45, 2.75) is 38.5 Å². The average Bonchev–Trinajstić information content (AvgIpc) is 2.81. The quantitative estimate of drug-likeness (QED) is 0.374. The van der Waals surface area contributed by atoms with Crippen LogP contribution in [0.3, 0.4) is 0 Å². The van der Waals surface area contributed by atoms with E-state index in [-0.39, 0.29) is 11.9 Å². The fraction of sp³-hybridized carbons (Fsp3) is 0.571. The fourth-order valence-electron chi connectivity index (χ4n) is 1.56. The SMILES string of the molecule is O=C1C=CC(=O)O1.O=C1CCCCC(=O)OCCCCO1. The summed E-state index contributed by atoms with van der Waals surface area (Å²) < 4.78 is 13.9. The Labute approximate surface area is 122 Å². The number of cyclic esters (lactones) is 4. The third-order valence-corrected chi connectivity index (χ3v) is 2.63. The van der Waals surface area contributed by atoms with Crippen molar-refractivity contribution in [2.24, 2.45) is 0 Å². The average molecular weight is 298 g/mol. The van der Waals surface area contributed by atoms with Crippen LogP contribution < -0.4 is 0 Å². The molecule has 21 heavy (non-hydrogen) atoms. The van der Waals surface area contributed by atoms with Gasteiger partial charge < -0.3 is 14.2 Å². The van der Waals surface area contributed by atoms with E-state index in [1.807, 2.05) is 0 Å². The number of carbonyl (C=O) groups excluding carboxylic acids is 4. The van der Waals surface area contributed by atoms with E-state index >= 15 is 0 Å². The van der Waals surface area contributed by atoms with Crippen LogP contribution in [0.1, 0.15) is 38.5 Å². The number of hydrogen-bond acceptors (Lipinski definition) is 7. The van der Waals surface area contributed by atoms with Crippen LogP contribution in [0.15, 0.2) is 12.2 Å². The Hall–Kier alpha value is -2.18. The van der Waals surface area contributed by atoms with Crippen LogP contribution in [0.2, 0.25) is 0 Å². The van der Waals surface area contributed by atoms with Crippen molar-refractivity contribution < 1.29 is 33.4 Å². The number of ether oxygens (including phenoxy) is 3. The van der Waals surface area contributed by atoms with Gasteiger partial charge in [0.05, 0.1) is 13.2 Å². The van der Waals surface area contributed by atoms with Gasteiger partial charge in [0.15, 0.2) is 0 Å². The van der Waals surface area contributed by atoms with Gasteiger partial charge in [0.2, 0.25) is 0 Å². The highest BCUT2D eigenvalue weighted by molar-refractivity contribution is 6.04. The van der Waals surface area contributed by atoms with E-state index in [0.29, 0.717) is 38.9 Å². The molecule has 0 aliphatic carbocycles. The van der Waals surface area contributed by atoms with Gasteiger partial charge in [-0.05, 0) is 25.7 Å². The zero-order chi connectivity index (χ0) is 15.5. The molecule has 7 heteroatoms. The summed E-state index contributed by atoms with van der Waals surface area (Å²) in [6.45, 7) is 0.882. The minimum atomic E-state index is -0.579. The van der Waals surface area contributed by atoms with Crippen LogP contribution in [-0.2, 0) is 33.4 Å². The summed E-state index contributed by atoms with van der Waals surface area (Å²) >= 11 is 0. The van der Waals surface area contributed by atoms with Crippen LogP contribution in [0.25, 0.3) is 0 Å². The maximum atomic E-state index is 11.0. The molecule has 0 bridgehead atoms. The van der Waals surface area contributed by atoms with E-state index < -0.39 is 11.9 Å². The van der Waals surface area contributed by atoms with Crippen molar-refractivity contribution in [3.63, 3.8) is 0 Å². The Balaban J connectivity index is 0.000000262. The standard InChI is InChI=1S/C10H16O4.C4H2O3/c11-9-5-1-2-6-10(12)14-8-4-3-7-13-9;5-3-1-2-4(6)7-3/h1-8H2;1-2H. The topological polar surface area (TPSA) is 96.0 Å².